The summed E-state index contributed by atoms with van der Waals surface area (Å²) in [4.78, 5) is 2.41. The molecule has 0 aliphatic carbocycles. The van der Waals surface area contributed by atoms with E-state index in [1.54, 1.807) is 0 Å². The van der Waals surface area contributed by atoms with E-state index in [1.165, 1.54) is 12.8 Å². The van der Waals surface area contributed by atoms with Crippen LogP contribution in [0, 0.1) is 0 Å². The van der Waals surface area contributed by atoms with Crippen LogP contribution in [0.1, 0.15) is 19.8 Å². The van der Waals surface area contributed by atoms with Crippen molar-refractivity contribution in [1.82, 2.24) is 4.90 Å². The fourth-order valence-electron chi connectivity index (χ4n) is 2.25. The Morgan fingerprint density at radius 3 is 2.94 bits per heavy atom. The summed E-state index contributed by atoms with van der Waals surface area (Å²) in [6.07, 6.45) is 2.36. The molecule has 0 saturated carbocycles. The molecule has 0 spiro atoms. The number of benzene rings is 1. The second-order valence-corrected chi connectivity index (χ2v) is 6.11. The third kappa shape index (κ3) is 3.36. The summed E-state index contributed by atoms with van der Waals surface area (Å²) in [7, 11) is 2.19. The van der Waals surface area contributed by atoms with Gasteiger partial charge in [0.25, 0.3) is 0 Å². The third-order valence-electron chi connectivity index (χ3n) is 3.50. The summed E-state index contributed by atoms with van der Waals surface area (Å²) < 4.78 is 1.08. The minimum absolute atomic E-state index is 0.538. The van der Waals surface area contributed by atoms with Gasteiger partial charge in [0.2, 0.25) is 0 Å². The van der Waals surface area contributed by atoms with Gasteiger partial charge in [-0.1, -0.05) is 11.6 Å². The maximum atomic E-state index is 6.02. The maximum Gasteiger partial charge on any atom is 0.0501 e. The SMILES string of the molecule is CC1CC(Nc2cc(Cl)ccc2Br)CCN1C. The molecule has 2 atom stereocenters. The number of hydrogen-bond donors (Lipinski definition) is 1. The van der Waals surface area contributed by atoms with Crippen molar-refractivity contribution in [3.63, 3.8) is 0 Å². The van der Waals surface area contributed by atoms with Crippen molar-refractivity contribution in [3.8, 4) is 0 Å². The molecule has 1 aliphatic heterocycles. The highest BCUT2D eigenvalue weighted by Gasteiger charge is 2.22. The lowest BCUT2D eigenvalue weighted by atomic mass is 9.99. The van der Waals surface area contributed by atoms with E-state index in [0.29, 0.717) is 12.1 Å². The molecule has 1 aromatic rings. The van der Waals surface area contributed by atoms with Crippen molar-refractivity contribution in [3.05, 3.63) is 27.7 Å². The van der Waals surface area contributed by atoms with Gasteiger partial charge in [-0.2, -0.15) is 0 Å². The summed E-state index contributed by atoms with van der Waals surface area (Å²) in [5, 5.41) is 4.36. The average Bonchev–Trinajstić information content (AvgIpc) is 2.29. The predicted molar refractivity (Wildman–Crippen MR) is 77.9 cm³/mol. The first-order valence-electron chi connectivity index (χ1n) is 5.98. The Morgan fingerprint density at radius 1 is 1.47 bits per heavy atom. The van der Waals surface area contributed by atoms with E-state index in [2.05, 4.69) is 40.1 Å². The Hall–Kier alpha value is -0.250. The largest absolute Gasteiger partial charge is 0.381 e. The summed E-state index contributed by atoms with van der Waals surface area (Å²) in [6.45, 7) is 3.43. The smallest absolute Gasteiger partial charge is 0.0501 e. The second kappa shape index (κ2) is 5.59. The molecule has 2 rings (SSSR count). The molecule has 2 nitrogen and oxygen atoms in total. The van der Waals surface area contributed by atoms with Gasteiger partial charge in [-0.3, -0.25) is 0 Å². The molecule has 0 aromatic heterocycles. The Bertz CT molecular complexity index is 397. The molecule has 0 amide bonds. The van der Waals surface area contributed by atoms with E-state index in [1.807, 2.05) is 18.2 Å². The highest BCUT2D eigenvalue weighted by molar-refractivity contribution is 9.10. The van der Waals surface area contributed by atoms with E-state index >= 15 is 0 Å². The average molecular weight is 318 g/mol. The molecule has 4 heteroatoms. The van der Waals surface area contributed by atoms with E-state index in [-0.39, 0.29) is 0 Å². The molecule has 1 aromatic carbocycles. The van der Waals surface area contributed by atoms with Gasteiger partial charge in [-0.15, -0.1) is 0 Å². The second-order valence-electron chi connectivity index (χ2n) is 4.82. The van der Waals surface area contributed by atoms with Crippen LogP contribution in [-0.2, 0) is 0 Å². The zero-order valence-electron chi connectivity index (χ0n) is 10.2. The fraction of sp³-hybridized carbons (Fsp3) is 0.538. The Labute approximate surface area is 116 Å². The summed E-state index contributed by atoms with van der Waals surface area (Å²) in [5.41, 5.74) is 1.10. The zero-order valence-corrected chi connectivity index (χ0v) is 12.6. The molecule has 1 saturated heterocycles. The van der Waals surface area contributed by atoms with E-state index in [4.69, 9.17) is 11.6 Å². The van der Waals surface area contributed by atoms with Crippen molar-refractivity contribution < 1.29 is 0 Å². The fourth-order valence-corrected chi connectivity index (χ4v) is 2.78. The minimum atomic E-state index is 0.538. The lowest BCUT2D eigenvalue weighted by Crippen LogP contribution is -2.42. The van der Waals surface area contributed by atoms with Crippen LogP contribution in [0.4, 0.5) is 5.69 Å². The van der Waals surface area contributed by atoms with Crippen molar-refractivity contribution in [2.24, 2.45) is 0 Å². The van der Waals surface area contributed by atoms with Crippen LogP contribution < -0.4 is 5.32 Å². The quantitative estimate of drug-likeness (QED) is 0.887. The van der Waals surface area contributed by atoms with Gasteiger partial charge < -0.3 is 10.2 Å². The van der Waals surface area contributed by atoms with Gasteiger partial charge in [-0.25, -0.2) is 0 Å². The molecule has 94 valence electrons. The Morgan fingerprint density at radius 2 is 2.24 bits per heavy atom. The summed E-state index contributed by atoms with van der Waals surface area (Å²) >= 11 is 9.57. The van der Waals surface area contributed by atoms with Crippen LogP contribution in [0.3, 0.4) is 0 Å². The van der Waals surface area contributed by atoms with Crippen LogP contribution >= 0.6 is 27.5 Å². The number of anilines is 1. The van der Waals surface area contributed by atoms with Gasteiger partial charge in [0.1, 0.15) is 0 Å². The number of rotatable bonds is 2. The minimum Gasteiger partial charge on any atom is -0.381 e. The highest BCUT2D eigenvalue weighted by Crippen LogP contribution is 2.28. The topological polar surface area (TPSA) is 15.3 Å². The van der Waals surface area contributed by atoms with Crippen LogP contribution in [0.5, 0.6) is 0 Å². The van der Waals surface area contributed by atoms with Crippen molar-refractivity contribution in [1.29, 1.82) is 0 Å². The standard InChI is InChI=1S/C13H18BrClN2/c1-9-7-11(5-6-17(9)2)16-13-8-10(15)3-4-12(13)14/h3-4,8-9,11,16H,5-7H2,1-2H3. The van der Waals surface area contributed by atoms with Crippen molar-refractivity contribution in [2.45, 2.75) is 31.8 Å². The molecule has 1 N–H and O–H groups in total. The normalized spacial score (nSPS) is 25.9. The highest BCUT2D eigenvalue weighted by atomic mass is 79.9. The molecule has 2 unspecified atom stereocenters. The van der Waals surface area contributed by atoms with Gasteiger partial charge in [0.15, 0.2) is 0 Å². The molecular formula is C13H18BrClN2. The van der Waals surface area contributed by atoms with Crippen LogP contribution in [0.25, 0.3) is 0 Å². The molecule has 1 fully saturated rings. The van der Waals surface area contributed by atoms with Gasteiger partial charge in [-0.05, 0) is 60.9 Å². The zero-order chi connectivity index (χ0) is 12.4. The van der Waals surface area contributed by atoms with Crippen LogP contribution in [-0.4, -0.2) is 30.6 Å². The molecule has 0 radical (unpaired) electrons. The first-order valence-corrected chi connectivity index (χ1v) is 7.15. The third-order valence-corrected chi connectivity index (χ3v) is 4.42. The number of piperidine rings is 1. The van der Waals surface area contributed by atoms with Crippen LogP contribution in [0.15, 0.2) is 22.7 Å². The van der Waals surface area contributed by atoms with E-state index in [9.17, 15) is 0 Å². The van der Waals surface area contributed by atoms with E-state index < -0.39 is 0 Å². The number of nitrogens with one attached hydrogen (secondary N) is 1. The predicted octanol–water partition coefficient (Wildman–Crippen LogP) is 4.00. The monoisotopic (exact) mass is 316 g/mol. The summed E-state index contributed by atoms with van der Waals surface area (Å²) in [5.74, 6) is 0. The number of likely N-dealkylation sites (tertiary alicyclic amines) is 1. The van der Waals surface area contributed by atoms with Crippen LogP contribution in [0.2, 0.25) is 5.02 Å². The summed E-state index contributed by atoms with van der Waals surface area (Å²) in [6, 6.07) is 7.04. The Kier molecular flexibility index (Phi) is 4.34. The number of nitrogens with zero attached hydrogens (tertiary/aromatic N) is 1. The van der Waals surface area contributed by atoms with Crippen molar-refractivity contribution >= 4 is 33.2 Å². The van der Waals surface area contributed by atoms with Gasteiger partial charge in [0, 0.05) is 28.1 Å². The van der Waals surface area contributed by atoms with Gasteiger partial charge >= 0.3 is 0 Å². The first-order chi connectivity index (χ1) is 8.06. The molecule has 1 aliphatic rings. The lowest BCUT2D eigenvalue weighted by molar-refractivity contribution is 0.190. The van der Waals surface area contributed by atoms with E-state index in [0.717, 1.165) is 21.7 Å². The van der Waals surface area contributed by atoms with Gasteiger partial charge in [0.05, 0.1) is 5.69 Å². The molecular weight excluding hydrogens is 300 g/mol. The maximum absolute atomic E-state index is 6.02. The Balaban J connectivity index is 2.03. The number of hydrogen-bond acceptors (Lipinski definition) is 2. The van der Waals surface area contributed by atoms with Crippen molar-refractivity contribution in [2.75, 3.05) is 18.9 Å². The number of halogens is 2. The molecule has 1 heterocycles. The molecule has 17 heavy (non-hydrogen) atoms. The lowest BCUT2D eigenvalue weighted by Gasteiger charge is -2.36. The molecule has 0 bridgehead atoms. The first kappa shape index (κ1) is 13.2.